The summed E-state index contributed by atoms with van der Waals surface area (Å²) in [4.78, 5) is 1.98. The fourth-order valence-corrected chi connectivity index (χ4v) is 1.74. The van der Waals surface area contributed by atoms with Crippen LogP contribution in [-0.4, -0.2) is 23.2 Å². The first kappa shape index (κ1) is 11.6. The molecule has 80 valence electrons. The molecular weight excluding hydrogens is 194 g/mol. The number of nitrogens with zero attached hydrogens (tertiary/aromatic N) is 3. The SMILES string of the molecule is CCCCCCCC1N=NC(=S)N1C. The van der Waals surface area contributed by atoms with Gasteiger partial charge in [-0.05, 0) is 25.1 Å². The summed E-state index contributed by atoms with van der Waals surface area (Å²) in [5.41, 5.74) is 0. The van der Waals surface area contributed by atoms with Crippen LogP contribution in [0, 0.1) is 0 Å². The first-order valence-corrected chi connectivity index (χ1v) is 5.84. The summed E-state index contributed by atoms with van der Waals surface area (Å²) >= 11 is 5.00. The first-order chi connectivity index (χ1) is 6.75. The minimum absolute atomic E-state index is 0.212. The van der Waals surface area contributed by atoms with Crippen LogP contribution < -0.4 is 0 Å². The molecule has 0 bridgehead atoms. The van der Waals surface area contributed by atoms with Gasteiger partial charge in [0.15, 0.2) is 0 Å². The van der Waals surface area contributed by atoms with Crippen LogP contribution in [0.5, 0.6) is 0 Å². The Morgan fingerprint density at radius 2 is 2.00 bits per heavy atom. The van der Waals surface area contributed by atoms with Gasteiger partial charge in [-0.2, -0.15) is 5.11 Å². The lowest BCUT2D eigenvalue weighted by Gasteiger charge is -2.16. The highest BCUT2D eigenvalue weighted by molar-refractivity contribution is 7.80. The van der Waals surface area contributed by atoms with Crippen LogP contribution in [0.25, 0.3) is 0 Å². The molecule has 0 spiro atoms. The summed E-state index contributed by atoms with van der Waals surface area (Å²) in [5, 5.41) is 8.65. The maximum absolute atomic E-state index is 5.00. The average molecular weight is 213 g/mol. The van der Waals surface area contributed by atoms with Crippen LogP contribution in [0.3, 0.4) is 0 Å². The molecule has 1 aliphatic heterocycles. The first-order valence-electron chi connectivity index (χ1n) is 5.43. The van der Waals surface area contributed by atoms with E-state index in [1.54, 1.807) is 0 Å². The molecule has 1 rings (SSSR count). The zero-order valence-electron chi connectivity index (χ0n) is 9.07. The zero-order chi connectivity index (χ0) is 10.4. The molecule has 0 radical (unpaired) electrons. The van der Waals surface area contributed by atoms with Gasteiger partial charge in [0.05, 0.1) is 0 Å². The van der Waals surface area contributed by atoms with Crippen LogP contribution in [0.2, 0.25) is 0 Å². The van der Waals surface area contributed by atoms with E-state index in [4.69, 9.17) is 12.2 Å². The number of azo groups is 1. The second-order valence-corrected chi connectivity index (χ2v) is 4.16. The Balaban J connectivity index is 2.08. The highest BCUT2D eigenvalue weighted by Gasteiger charge is 2.21. The predicted octanol–water partition coefficient (Wildman–Crippen LogP) is 3.36. The largest absolute Gasteiger partial charge is 0.325 e. The third-order valence-corrected chi connectivity index (χ3v) is 2.96. The van der Waals surface area contributed by atoms with Crippen molar-refractivity contribution in [1.29, 1.82) is 0 Å². The number of unbranched alkanes of at least 4 members (excludes halogenated alkanes) is 4. The van der Waals surface area contributed by atoms with Gasteiger partial charge in [-0.3, -0.25) is 0 Å². The highest BCUT2D eigenvalue weighted by atomic mass is 32.1. The van der Waals surface area contributed by atoms with Crippen molar-refractivity contribution in [1.82, 2.24) is 4.90 Å². The molecule has 0 saturated heterocycles. The Morgan fingerprint density at radius 1 is 1.29 bits per heavy atom. The Morgan fingerprint density at radius 3 is 2.57 bits per heavy atom. The molecule has 1 aliphatic rings. The molecule has 0 aromatic carbocycles. The fourth-order valence-electron chi connectivity index (χ4n) is 1.57. The number of hydrogen-bond acceptors (Lipinski definition) is 2. The monoisotopic (exact) mass is 213 g/mol. The lowest BCUT2D eigenvalue weighted by molar-refractivity contribution is 0.364. The smallest absolute Gasteiger partial charge is 0.217 e. The van der Waals surface area contributed by atoms with Crippen molar-refractivity contribution in [3.8, 4) is 0 Å². The summed E-state index contributed by atoms with van der Waals surface area (Å²) < 4.78 is 0. The van der Waals surface area contributed by atoms with Gasteiger partial charge in [-0.15, -0.1) is 5.11 Å². The maximum atomic E-state index is 5.00. The van der Waals surface area contributed by atoms with E-state index in [0.29, 0.717) is 5.11 Å². The molecule has 0 fully saturated rings. The van der Waals surface area contributed by atoms with Crippen LogP contribution in [-0.2, 0) is 0 Å². The predicted molar refractivity (Wildman–Crippen MR) is 62.4 cm³/mol. The lowest BCUT2D eigenvalue weighted by Crippen LogP contribution is -2.28. The second kappa shape index (κ2) is 6.06. The van der Waals surface area contributed by atoms with Gasteiger partial charge >= 0.3 is 0 Å². The summed E-state index contributed by atoms with van der Waals surface area (Å²) in [7, 11) is 1.97. The average Bonchev–Trinajstić information content (AvgIpc) is 2.49. The van der Waals surface area contributed by atoms with E-state index in [1.807, 2.05) is 11.9 Å². The molecule has 0 aromatic heterocycles. The van der Waals surface area contributed by atoms with Gasteiger partial charge in [-0.25, -0.2) is 0 Å². The van der Waals surface area contributed by atoms with E-state index in [1.165, 1.54) is 32.1 Å². The molecular formula is C10H19N3S. The zero-order valence-corrected chi connectivity index (χ0v) is 9.89. The topological polar surface area (TPSA) is 28.0 Å². The Hall–Kier alpha value is -0.510. The van der Waals surface area contributed by atoms with E-state index in [0.717, 1.165) is 6.42 Å². The summed E-state index contributed by atoms with van der Waals surface area (Å²) in [5.74, 6) is 0. The van der Waals surface area contributed by atoms with Crippen molar-refractivity contribution >= 4 is 17.3 Å². The number of thiocarbonyl (C=S) groups is 1. The fraction of sp³-hybridized carbons (Fsp3) is 0.900. The Bertz CT molecular complexity index is 215. The van der Waals surface area contributed by atoms with Crippen molar-refractivity contribution in [3.63, 3.8) is 0 Å². The summed E-state index contributed by atoms with van der Waals surface area (Å²) in [6.07, 6.45) is 7.83. The van der Waals surface area contributed by atoms with Gasteiger partial charge in [0.1, 0.15) is 6.17 Å². The normalized spacial score (nSPS) is 20.9. The number of rotatable bonds is 6. The molecule has 0 N–H and O–H groups in total. The third-order valence-electron chi connectivity index (χ3n) is 2.59. The van der Waals surface area contributed by atoms with Crippen LogP contribution in [0.15, 0.2) is 10.2 Å². The van der Waals surface area contributed by atoms with Gasteiger partial charge in [0.25, 0.3) is 0 Å². The van der Waals surface area contributed by atoms with Gasteiger partial charge in [-0.1, -0.05) is 32.6 Å². The van der Waals surface area contributed by atoms with Crippen molar-refractivity contribution in [2.75, 3.05) is 7.05 Å². The van der Waals surface area contributed by atoms with E-state index < -0.39 is 0 Å². The highest BCUT2D eigenvalue weighted by Crippen LogP contribution is 2.17. The van der Waals surface area contributed by atoms with Crippen LogP contribution in [0.4, 0.5) is 0 Å². The molecule has 1 heterocycles. The Labute approximate surface area is 91.6 Å². The minimum Gasteiger partial charge on any atom is -0.325 e. The second-order valence-electron chi connectivity index (χ2n) is 3.79. The minimum atomic E-state index is 0.212. The Kier molecular flexibility index (Phi) is 5.01. The molecule has 4 heteroatoms. The van der Waals surface area contributed by atoms with Crippen LogP contribution in [0.1, 0.15) is 45.4 Å². The standard InChI is InChI=1S/C10H19N3S/c1-3-4-5-6-7-8-9-11-12-10(14)13(9)2/h9H,3-8H2,1-2H3. The van der Waals surface area contributed by atoms with Gasteiger partial charge in [0.2, 0.25) is 5.11 Å². The van der Waals surface area contributed by atoms with E-state index >= 15 is 0 Å². The van der Waals surface area contributed by atoms with E-state index in [-0.39, 0.29) is 6.17 Å². The number of hydrogen-bond donors (Lipinski definition) is 0. The van der Waals surface area contributed by atoms with Gasteiger partial charge in [0, 0.05) is 7.05 Å². The molecule has 3 nitrogen and oxygen atoms in total. The van der Waals surface area contributed by atoms with Crippen molar-refractivity contribution in [2.24, 2.45) is 10.2 Å². The molecule has 14 heavy (non-hydrogen) atoms. The molecule has 0 amide bonds. The maximum Gasteiger partial charge on any atom is 0.217 e. The molecule has 1 atom stereocenters. The van der Waals surface area contributed by atoms with Gasteiger partial charge < -0.3 is 4.90 Å². The molecule has 1 unspecified atom stereocenters. The van der Waals surface area contributed by atoms with Crippen molar-refractivity contribution < 1.29 is 0 Å². The van der Waals surface area contributed by atoms with Crippen molar-refractivity contribution in [3.05, 3.63) is 0 Å². The van der Waals surface area contributed by atoms with Crippen molar-refractivity contribution in [2.45, 2.75) is 51.6 Å². The molecule has 0 aromatic rings. The molecule has 0 aliphatic carbocycles. The van der Waals surface area contributed by atoms with Crippen LogP contribution >= 0.6 is 12.2 Å². The molecule has 0 saturated carbocycles. The lowest BCUT2D eigenvalue weighted by atomic mass is 10.1. The summed E-state index contributed by atoms with van der Waals surface area (Å²) in [6.45, 7) is 2.23. The van der Waals surface area contributed by atoms with E-state index in [2.05, 4.69) is 17.2 Å². The summed E-state index contributed by atoms with van der Waals surface area (Å²) in [6, 6.07) is 0. The quantitative estimate of drug-likeness (QED) is 0.500. The third kappa shape index (κ3) is 3.33. The van der Waals surface area contributed by atoms with E-state index in [9.17, 15) is 0 Å².